The van der Waals surface area contributed by atoms with Crippen molar-refractivity contribution in [1.29, 1.82) is 5.26 Å². The van der Waals surface area contributed by atoms with Crippen LogP contribution in [0.15, 0.2) is 18.2 Å². The van der Waals surface area contributed by atoms with E-state index in [0.717, 1.165) is 18.0 Å². The zero-order valence-corrected chi connectivity index (χ0v) is 12.2. The van der Waals surface area contributed by atoms with E-state index >= 15 is 0 Å². The van der Waals surface area contributed by atoms with Crippen molar-refractivity contribution in [3.05, 3.63) is 35.0 Å². The number of hydrogen-bond acceptors (Lipinski definition) is 2. The van der Waals surface area contributed by atoms with Gasteiger partial charge in [0.15, 0.2) is 0 Å². The van der Waals surface area contributed by atoms with Gasteiger partial charge in [-0.05, 0) is 62.0 Å². The van der Waals surface area contributed by atoms with Gasteiger partial charge in [-0.1, -0.05) is 13.0 Å². The van der Waals surface area contributed by atoms with Crippen LogP contribution in [-0.2, 0) is 6.54 Å². The van der Waals surface area contributed by atoms with Crippen LogP contribution in [0.25, 0.3) is 10.9 Å². The first-order valence-electron chi connectivity index (χ1n) is 7.41. The predicted octanol–water partition coefficient (Wildman–Crippen LogP) is 3.58. The lowest BCUT2D eigenvalue weighted by Gasteiger charge is -2.30. The molecule has 3 rings (SSSR count). The molecular formula is C17H21N3. The molecule has 0 unspecified atom stereocenters. The SMILES string of the molecule is Cc1c(CN2CCC(C)CC2)ccc2[nH]c(C#N)cc12. The van der Waals surface area contributed by atoms with Crippen LogP contribution < -0.4 is 0 Å². The van der Waals surface area contributed by atoms with E-state index in [2.05, 4.69) is 41.9 Å². The minimum absolute atomic E-state index is 0.645. The van der Waals surface area contributed by atoms with Gasteiger partial charge in [0.2, 0.25) is 0 Å². The molecule has 20 heavy (non-hydrogen) atoms. The molecule has 0 spiro atoms. The van der Waals surface area contributed by atoms with Crippen molar-refractivity contribution in [3.63, 3.8) is 0 Å². The topological polar surface area (TPSA) is 42.8 Å². The smallest absolute Gasteiger partial charge is 0.118 e. The largest absolute Gasteiger partial charge is 0.346 e. The molecule has 2 aromatic rings. The average molecular weight is 267 g/mol. The summed E-state index contributed by atoms with van der Waals surface area (Å²) in [4.78, 5) is 5.70. The van der Waals surface area contributed by atoms with E-state index < -0.39 is 0 Å². The maximum Gasteiger partial charge on any atom is 0.118 e. The summed E-state index contributed by atoms with van der Waals surface area (Å²) in [6.45, 7) is 7.95. The summed E-state index contributed by atoms with van der Waals surface area (Å²) in [7, 11) is 0. The van der Waals surface area contributed by atoms with Gasteiger partial charge in [0.05, 0.1) is 0 Å². The van der Waals surface area contributed by atoms with Crippen molar-refractivity contribution in [2.45, 2.75) is 33.2 Å². The number of nitrogens with zero attached hydrogens (tertiary/aromatic N) is 2. The quantitative estimate of drug-likeness (QED) is 0.903. The minimum Gasteiger partial charge on any atom is -0.346 e. The third kappa shape index (κ3) is 2.44. The number of aryl methyl sites for hydroxylation is 1. The molecular weight excluding hydrogens is 246 g/mol. The number of H-pyrrole nitrogens is 1. The molecule has 104 valence electrons. The number of hydrogen-bond donors (Lipinski definition) is 1. The number of piperidine rings is 1. The molecule has 2 heterocycles. The summed E-state index contributed by atoms with van der Waals surface area (Å²) in [6, 6.07) is 8.45. The van der Waals surface area contributed by atoms with Gasteiger partial charge in [-0.2, -0.15) is 5.26 Å². The van der Waals surface area contributed by atoms with E-state index in [0.29, 0.717) is 5.69 Å². The molecule has 1 aromatic heterocycles. The molecule has 1 fully saturated rings. The number of aromatic amines is 1. The van der Waals surface area contributed by atoms with Crippen molar-refractivity contribution < 1.29 is 0 Å². The number of rotatable bonds is 2. The molecule has 0 amide bonds. The summed E-state index contributed by atoms with van der Waals surface area (Å²) in [5, 5.41) is 10.2. The maximum absolute atomic E-state index is 9.00. The summed E-state index contributed by atoms with van der Waals surface area (Å²) < 4.78 is 0. The van der Waals surface area contributed by atoms with Crippen LogP contribution in [0.2, 0.25) is 0 Å². The Morgan fingerprint density at radius 2 is 2.10 bits per heavy atom. The minimum atomic E-state index is 0.645. The fraction of sp³-hybridized carbons (Fsp3) is 0.471. The van der Waals surface area contributed by atoms with Crippen LogP contribution in [0.5, 0.6) is 0 Å². The van der Waals surface area contributed by atoms with Crippen LogP contribution in [0.3, 0.4) is 0 Å². The summed E-state index contributed by atoms with van der Waals surface area (Å²) >= 11 is 0. The predicted molar refractivity (Wildman–Crippen MR) is 81.4 cm³/mol. The molecule has 1 N–H and O–H groups in total. The molecule has 3 heteroatoms. The molecule has 0 aliphatic carbocycles. The highest BCUT2D eigenvalue weighted by atomic mass is 15.1. The highest BCUT2D eigenvalue weighted by Gasteiger charge is 2.17. The van der Waals surface area contributed by atoms with Gasteiger partial charge in [0, 0.05) is 17.4 Å². The average Bonchev–Trinajstić information content (AvgIpc) is 2.88. The van der Waals surface area contributed by atoms with E-state index in [4.69, 9.17) is 5.26 Å². The Morgan fingerprint density at radius 1 is 1.35 bits per heavy atom. The van der Waals surface area contributed by atoms with E-state index in [9.17, 15) is 0 Å². The van der Waals surface area contributed by atoms with Gasteiger partial charge in [0.25, 0.3) is 0 Å². The third-order valence-electron chi connectivity index (χ3n) is 4.58. The van der Waals surface area contributed by atoms with E-state index in [-0.39, 0.29) is 0 Å². The number of fused-ring (bicyclic) bond motifs is 1. The zero-order chi connectivity index (χ0) is 14.1. The Hall–Kier alpha value is -1.79. The monoisotopic (exact) mass is 267 g/mol. The first-order valence-corrected chi connectivity index (χ1v) is 7.41. The van der Waals surface area contributed by atoms with Gasteiger partial charge >= 0.3 is 0 Å². The number of aromatic nitrogens is 1. The standard InChI is InChI=1S/C17H21N3/c1-12-5-7-20(8-6-12)11-14-3-4-17-16(13(14)2)9-15(10-18)19-17/h3-4,9,12,19H,5-8,11H2,1-2H3. The van der Waals surface area contributed by atoms with Crippen molar-refractivity contribution in [2.24, 2.45) is 5.92 Å². The van der Waals surface area contributed by atoms with Crippen LogP contribution in [0.1, 0.15) is 36.6 Å². The first-order chi connectivity index (χ1) is 9.67. The Morgan fingerprint density at radius 3 is 2.80 bits per heavy atom. The highest BCUT2D eigenvalue weighted by molar-refractivity contribution is 5.85. The van der Waals surface area contributed by atoms with Gasteiger partial charge in [-0.3, -0.25) is 4.90 Å². The highest BCUT2D eigenvalue weighted by Crippen LogP contribution is 2.25. The molecule has 0 atom stereocenters. The molecule has 1 aliphatic rings. The van der Waals surface area contributed by atoms with E-state index in [1.165, 1.54) is 42.4 Å². The molecule has 0 radical (unpaired) electrons. The summed E-state index contributed by atoms with van der Waals surface area (Å²) in [5.41, 5.74) is 4.40. The van der Waals surface area contributed by atoms with Crippen LogP contribution in [-0.4, -0.2) is 23.0 Å². The molecule has 3 nitrogen and oxygen atoms in total. The fourth-order valence-electron chi connectivity index (χ4n) is 3.09. The number of nitriles is 1. The van der Waals surface area contributed by atoms with Crippen molar-refractivity contribution in [2.75, 3.05) is 13.1 Å². The molecule has 1 saturated heterocycles. The van der Waals surface area contributed by atoms with Crippen molar-refractivity contribution in [1.82, 2.24) is 9.88 Å². The number of nitrogens with one attached hydrogen (secondary N) is 1. The zero-order valence-electron chi connectivity index (χ0n) is 12.2. The number of likely N-dealkylation sites (tertiary alicyclic amines) is 1. The maximum atomic E-state index is 9.00. The lowest BCUT2D eigenvalue weighted by Crippen LogP contribution is -2.32. The molecule has 0 bridgehead atoms. The first kappa shape index (κ1) is 13.2. The Labute approximate surface area is 120 Å². The van der Waals surface area contributed by atoms with E-state index in [1.807, 2.05) is 6.07 Å². The van der Waals surface area contributed by atoms with Crippen molar-refractivity contribution >= 4 is 10.9 Å². The molecule has 1 aromatic carbocycles. The van der Waals surface area contributed by atoms with Crippen molar-refractivity contribution in [3.8, 4) is 6.07 Å². The van der Waals surface area contributed by atoms with Crippen LogP contribution in [0, 0.1) is 24.2 Å². The van der Waals surface area contributed by atoms with E-state index in [1.54, 1.807) is 0 Å². The Balaban J connectivity index is 1.85. The van der Waals surface area contributed by atoms with Crippen LogP contribution in [0.4, 0.5) is 0 Å². The second kappa shape index (κ2) is 5.30. The second-order valence-corrected chi connectivity index (χ2v) is 6.06. The second-order valence-electron chi connectivity index (χ2n) is 6.06. The number of benzene rings is 1. The third-order valence-corrected chi connectivity index (χ3v) is 4.58. The van der Waals surface area contributed by atoms with Gasteiger partial charge in [-0.25, -0.2) is 0 Å². The molecule has 1 aliphatic heterocycles. The lowest BCUT2D eigenvalue weighted by atomic mass is 9.98. The normalized spacial score (nSPS) is 17.4. The summed E-state index contributed by atoms with van der Waals surface area (Å²) in [6.07, 6.45) is 2.62. The fourth-order valence-corrected chi connectivity index (χ4v) is 3.09. The lowest BCUT2D eigenvalue weighted by molar-refractivity contribution is 0.185. The van der Waals surface area contributed by atoms with Gasteiger partial charge in [-0.15, -0.1) is 0 Å². The molecule has 0 saturated carbocycles. The Bertz CT molecular complexity index is 655. The van der Waals surface area contributed by atoms with Crippen LogP contribution >= 0.6 is 0 Å². The summed E-state index contributed by atoms with van der Waals surface area (Å²) in [5.74, 6) is 0.873. The van der Waals surface area contributed by atoms with Gasteiger partial charge in [0.1, 0.15) is 11.8 Å². The van der Waals surface area contributed by atoms with Gasteiger partial charge < -0.3 is 4.98 Å². The Kier molecular flexibility index (Phi) is 3.50.